The van der Waals surface area contributed by atoms with E-state index in [2.05, 4.69) is 41.0 Å². The Morgan fingerprint density at radius 3 is 2.41 bits per heavy atom. The second-order valence-electron chi connectivity index (χ2n) is 7.91. The summed E-state index contributed by atoms with van der Waals surface area (Å²) < 4.78 is 11.5. The molecule has 1 aromatic rings. The van der Waals surface area contributed by atoms with Gasteiger partial charge in [0.25, 0.3) is 0 Å². The van der Waals surface area contributed by atoms with E-state index in [-0.39, 0.29) is 5.91 Å². The van der Waals surface area contributed by atoms with E-state index in [1.54, 1.807) is 0 Å². The molecule has 0 N–H and O–H groups in total. The Bertz CT molecular complexity index is 642. The molecule has 3 aliphatic rings. The fourth-order valence-electron chi connectivity index (χ4n) is 4.35. The van der Waals surface area contributed by atoms with Gasteiger partial charge in [-0.1, -0.05) is 12.1 Å². The van der Waals surface area contributed by atoms with E-state index in [1.165, 1.54) is 11.3 Å². The summed E-state index contributed by atoms with van der Waals surface area (Å²) in [6.07, 6.45) is 2.21. The maximum atomic E-state index is 12.6. The molecular weight excluding hydrogens is 342 g/mol. The smallest absolute Gasteiger partial charge is 0.223 e. The van der Waals surface area contributed by atoms with E-state index in [9.17, 15) is 4.79 Å². The van der Waals surface area contributed by atoms with E-state index in [1.807, 2.05) is 4.90 Å². The van der Waals surface area contributed by atoms with Gasteiger partial charge in [0.2, 0.25) is 5.91 Å². The molecule has 27 heavy (non-hydrogen) atoms. The summed E-state index contributed by atoms with van der Waals surface area (Å²) in [7, 11) is 0. The highest BCUT2D eigenvalue weighted by Crippen LogP contribution is 2.31. The van der Waals surface area contributed by atoms with Crippen molar-refractivity contribution in [1.29, 1.82) is 0 Å². The van der Waals surface area contributed by atoms with Gasteiger partial charge in [0.1, 0.15) is 0 Å². The third-order valence-corrected chi connectivity index (χ3v) is 6.07. The standard InChI is InChI=1S/C21H31N3O3/c1-18-3-2-4-19(17-18)23-13-11-22(12-14-23)8-5-20(25)24-9-6-21(7-10-24)26-15-16-27-21/h2-4,17H,5-16H2,1H3. The number of hydrogen-bond donors (Lipinski definition) is 0. The molecule has 6 nitrogen and oxygen atoms in total. The number of hydrogen-bond acceptors (Lipinski definition) is 5. The number of ether oxygens (including phenoxy) is 2. The molecule has 148 valence electrons. The second kappa shape index (κ2) is 8.17. The molecule has 3 aliphatic heterocycles. The highest BCUT2D eigenvalue weighted by Gasteiger charge is 2.40. The summed E-state index contributed by atoms with van der Waals surface area (Å²) in [4.78, 5) is 19.4. The Morgan fingerprint density at radius 2 is 1.74 bits per heavy atom. The largest absolute Gasteiger partial charge is 0.369 e. The first-order chi connectivity index (χ1) is 13.1. The first-order valence-electron chi connectivity index (χ1n) is 10.2. The van der Waals surface area contributed by atoms with Gasteiger partial charge < -0.3 is 19.3 Å². The molecule has 0 atom stereocenters. The van der Waals surface area contributed by atoms with E-state index < -0.39 is 5.79 Å². The number of anilines is 1. The molecule has 1 aromatic carbocycles. The first-order valence-corrected chi connectivity index (χ1v) is 10.2. The average Bonchev–Trinajstić information content (AvgIpc) is 3.15. The molecule has 3 saturated heterocycles. The van der Waals surface area contributed by atoms with Crippen LogP contribution in [0.1, 0.15) is 24.8 Å². The van der Waals surface area contributed by atoms with Crippen molar-refractivity contribution < 1.29 is 14.3 Å². The summed E-state index contributed by atoms with van der Waals surface area (Å²) in [5, 5.41) is 0. The maximum absolute atomic E-state index is 12.6. The lowest BCUT2D eigenvalue weighted by atomic mass is 10.0. The average molecular weight is 373 g/mol. The minimum atomic E-state index is -0.400. The number of piperidine rings is 1. The summed E-state index contributed by atoms with van der Waals surface area (Å²) in [6.45, 7) is 9.95. The quantitative estimate of drug-likeness (QED) is 0.806. The van der Waals surface area contributed by atoms with Gasteiger partial charge in [-0.2, -0.15) is 0 Å². The van der Waals surface area contributed by atoms with Crippen LogP contribution in [0.3, 0.4) is 0 Å². The van der Waals surface area contributed by atoms with Crippen LogP contribution in [0.25, 0.3) is 0 Å². The molecule has 4 rings (SSSR count). The topological polar surface area (TPSA) is 45.2 Å². The van der Waals surface area contributed by atoms with Gasteiger partial charge in [-0.3, -0.25) is 9.69 Å². The molecule has 0 radical (unpaired) electrons. The number of rotatable bonds is 4. The lowest BCUT2D eigenvalue weighted by Gasteiger charge is -2.38. The van der Waals surface area contributed by atoms with E-state index >= 15 is 0 Å². The normalized spacial score (nSPS) is 23.1. The molecule has 0 saturated carbocycles. The molecule has 6 heteroatoms. The van der Waals surface area contributed by atoms with E-state index in [4.69, 9.17) is 9.47 Å². The number of carbonyl (C=O) groups is 1. The summed E-state index contributed by atoms with van der Waals surface area (Å²) in [6, 6.07) is 8.70. The van der Waals surface area contributed by atoms with E-state index in [0.29, 0.717) is 19.6 Å². The highest BCUT2D eigenvalue weighted by atomic mass is 16.7. The summed E-state index contributed by atoms with van der Waals surface area (Å²) in [5.74, 6) is -0.132. The molecule has 0 bridgehead atoms. The fraction of sp³-hybridized carbons (Fsp3) is 0.667. The van der Waals surface area contributed by atoms with Crippen LogP contribution in [0.15, 0.2) is 24.3 Å². The molecular formula is C21H31N3O3. The van der Waals surface area contributed by atoms with Gasteiger partial charge in [0.05, 0.1) is 13.2 Å². The monoisotopic (exact) mass is 373 g/mol. The van der Waals surface area contributed by atoms with Crippen LogP contribution in [-0.2, 0) is 14.3 Å². The fourth-order valence-corrected chi connectivity index (χ4v) is 4.35. The number of nitrogens with zero attached hydrogens (tertiary/aromatic N) is 3. The number of amides is 1. The maximum Gasteiger partial charge on any atom is 0.223 e. The van der Waals surface area contributed by atoms with Crippen molar-refractivity contribution in [3.63, 3.8) is 0 Å². The van der Waals surface area contributed by atoms with Gasteiger partial charge in [0, 0.05) is 70.8 Å². The predicted molar refractivity (Wildman–Crippen MR) is 105 cm³/mol. The third kappa shape index (κ3) is 4.45. The first kappa shape index (κ1) is 18.7. The number of benzene rings is 1. The number of carbonyl (C=O) groups excluding carboxylic acids is 1. The molecule has 1 spiro atoms. The van der Waals surface area contributed by atoms with Gasteiger partial charge in [-0.25, -0.2) is 0 Å². The van der Waals surface area contributed by atoms with Crippen molar-refractivity contribution in [2.45, 2.75) is 32.0 Å². The van der Waals surface area contributed by atoms with Crippen LogP contribution in [0.5, 0.6) is 0 Å². The van der Waals surface area contributed by atoms with Crippen molar-refractivity contribution in [2.24, 2.45) is 0 Å². The zero-order valence-corrected chi connectivity index (χ0v) is 16.4. The number of likely N-dealkylation sites (tertiary alicyclic amines) is 1. The van der Waals surface area contributed by atoms with Crippen LogP contribution in [0.2, 0.25) is 0 Å². The molecule has 0 aromatic heterocycles. The van der Waals surface area contributed by atoms with Crippen molar-refractivity contribution in [3.05, 3.63) is 29.8 Å². The lowest BCUT2D eigenvalue weighted by Crippen LogP contribution is -2.49. The number of aryl methyl sites for hydroxylation is 1. The highest BCUT2D eigenvalue weighted by molar-refractivity contribution is 5.76. The van der Waals surface area contributed by atoms with Crippen molar-refractivity contribution in [3.8, 4) is 0 Å². The van der Waals surface area contributed by atoms with Crippen LogP contribution in [0, 0.1) is 6.92 Å². The van der Waals surface area contributed by atoms with Crippen LogP contribution in [-0.4, -0.2) is 80.5 Å². The summed E-state index contributed by atoms with van der Waals surface area (Å²) in [5.41, 5.74) is 2.61. The van der Waals surface area contributed by atoms with Crippen molar-refractivity contribution >= 4 is 11.6 Å². The second-order valence-corrected chi connectivity index (χ2v) is 7.91. The molecule has 3 fully saturated rings. The van der Waals surface area contributed by atoms with Gasteiger partial charge in [-0.15, -0.1) is 0 Å². The minimum Gasteiger partial charge on any atom is -0.369 e. The Labute approximate surface area is 162 Å². The van der Waals surface area contributed by atoms with Gasteiger partial charge in [0.15, 0.2) is 5.79 Å². The molecule has 3 heterocycles. The number of piperazine rings is 1. The predicted octanol–water partition coefficient (Wildman–Crippen LogP) is 1.87. The molecule has 0 aliphatic carbocycles. The SMILES string of the molecule is Cc1cccc(N2CCN(CCC(=O)N3CCC4(CC3)OCCO4)CC2)c1. The van der Waals surface area contributed by atoms with Crippen LogP contribution >= 0.6 is 0 Å². The van der Waals surface area contributed by atoms with Gasteiger partial charge >= 0.3 is 0 Å². The lowest BCUT2D eigenvalue weighted by molar-refractivity contribution is -0.187. The Hall–Kier alpha value is -1.63. The van der Waals surface area contributed by atoms with Crippen LogP contribution in [0.4, 0.5) is 5.69 Å². The molecule has 1 amide bonds. The van der Waals surface area contributed by atoms with Crippen molar-refractivity contribution in [1.82, 2.24) is 9.80 Å². The van der Waals surface area contributed by atoms with E-state index in [0.717, 1.165) is 58.7 Å². The third-order valence-electron chi connectivity index (χ3n) is 6.07. The van der Waals surface area contributed by atoms with Crippen molar-refractivity contribution in [2.75, 3.05) is 63.9 Å². The van der Waals surface area contributed by atoms with Crippen LogP contribution < -0.4 is 4.90 Å². The minimum absolute atomic E-state index is 0.268. The Balaban J connectivity index is 1.18. The summed E-state index contributed by atoms with van der Waals surface area (Å²) >= 11 is 0. The van der Waals surface area contributed by atoms with Gasteiger partial charge in [-0.05, 0) is 24.6 Å². The molecule has 0 unspecified atom stereocenters. The zero-order chi connectivity index (χ0) is 18.7. The Morgan fingerprint density at radius 1 is 1.04 bits per heavy atom. The zero-order valence-electron chi connectivity index (χ0n) is 16.4. The Kier molecular flexibility index (Phi) is 5.66.